The maximum absolute atomic E-state index is 6.35. The van der Waals surface area contributed by atoms with Gasteiger partial charge in [-0.25, -0.2) is 4.68 Å². The highest BCUT2D eigenvalue weighted by Crippen LogP contribution is 2.30. The summed E-state index contributed by atoms with van der Waals surface area (Å²) in [5.74, 6) is 0. The molecule has 2 heterocycles. The lowest BCUT2D eigenvalue weighted by Crippen LogP contribution is -2.12. The molecule has 3 nitrogen and oxygen atoms in total. The number of halogens is 2. The van der Waals surface area contributed by atoms with Crippen LogP contribution in [0.15, 0.2) is 51.2 Å². The summed E-state index contributed by atoms with van der Waals surface area (Å²) < 4.78 is 1.82. The zero-order valence-electron chi connectivity index (χ0n) is 12.2. The highest BCUT2D eigenvalue weighted by Gasteiger charge is 2.11. The Balaban J connectivity index is 2.12. The summed E-state index contributed by atoms with van der Waals surface area (Å²) in [7, 11) is 0. The summed E-state index contributed by atoms with van der Waals surface area (Å²) in [6, 6.07) is 9.48. The second-order valence-corrected chi connectivity index (χ2v) is 7.23. The van der Waals surface area contributed by atoms with Gasteiger partial charge in [-0.05, 0) is 36.6 Å². The number of hydrogen-bond acceptors (Lipinski definition) is 4. The van der Waals surface area contributed by atoms with E-state index < -0.39 is 0 Å². The molecule has 3 aromatic rings. The lowest BCUT2D eigenvalue weighted by molar-refractivity contribution is 0.833. The summed E-state index contributed by atoms with van der Waals surface area (Å²) >= 11 is 15.5. The first-order chi connectivity index (χ1) is 11.2. The second kappa shape index (κ2) is 7.45. The standard InChI is InChI=1S/C16H13Cl2N3S2/c1-2-19-16-21(20-9-12-4-3-7-22-12)15(10-23-16)13-6-5-11(17)8-14(13)18/h3-10H,2H2,1H3. The Morgan fingerprint density at radius 2 is 2.09 bits per heavy atom. The molecule has 0 fully saturated rings. The van der Waals surface area contributed by atoms with Crippen LogP contribution in [-0.4, -0.2) is 17.4 Å². The minimum absolute atomic E-state index is 0.596. The molecule has 23 heavy (non-hydrogen) atoms. The van der Waals surface area contributed by atoms with Crippen LogP contribution < -0.4 is 4.80 Å². The molecule has 0 unspecified atom stereocenters. The van der Waals surface area contributed by atoms with Gasteiger partial charge in [0.25, 0.3) is 0 Å². The molecule has 0 amide bonds. The highest BCUT2D eigenvalue weighted by atomic mass is 35.5. The van der Waals surface area contributed by atoms with Crippen molar-refractivity contribution in [3.63, 3.8) is 0 Å². The number of nitrogens with zero attached hydrogens (tertiary/aromatic N) is 3. The molecule has 0 aliphatic carbocycles. The molecule has 0 spiro atoms. The number of benzene rings is 1. The predicted octanol–water partition coefficient (Wildman–Crippen LogP) is 5.39. The van der Waals surface area contributed by atoms with Crippen LogP contribution in [0.2, 0.25) is 10.0 Å². The number of rotatable bonds is 4. The minimum atomic E-state index is 0.596. The lowest BCUT2D eigenvalue weighted by Gasteiger charge is -2.06. The molecule has 1 aromatic carbocycles. The molecule has 118 valence electrons. The third-order valence-electron chi connectivity index (χ3n) is 3.03. The Morgan fingerprint density at radius 3 is 2.78 bits per heavy atom. The molecule has 0 saturated carbocycles. The number of hydrogen-bond donors (Lipinski definition) is 0. The Hall–Kier alpha value is -1.40. The van der Waals surface area contributed by atoms with Gasteiger partial charge in [0.2, 0.25) is 4.80 Å². The molecule has 3 rings (SSSR count). The summed E-state index contributed by atoms with van der Waals surface area (Å²) in [5.41, 5.74) is 1.78. The molecule has 0 aliphatic rings. The molecule has 7 heteroatoms. The zero-order chi connectivity index (χ0) is 16.2. The van der Waals surface area contributed by atoms with Gasteiger partial charge in [-0.15, -0.1) is 22.7 Å². The van der Waals surface area contributed by atoms with E-state index in [1.807, 2.05) is 52.8 Å². The second-order valence-electron chi connectivity index (χ2n) is 4.57. The Kier molecular flexibility index (Phi) is 5.33. The van der Waals surface area contributed by atoms with Crippen molar-refractivity contribution in [3.8, 4) is 11.3 Å². The van der Waals surface area contributed by atoms with Crippen LogP contribution in [0.25, 0.3) is 11.3 Å². The Morgan fingerprint density at radius 1 is 1.22 bits per heavy atom. The largest absolute Gasteiger partial charge is 0.258 e. The van der Waals surface area contributed by atoms with Crippen molar-refractivity contribution in [2.75, 3.05) is 6.54 Å². The Labute approximate surface area is 152 Å². The normalized spacial score (nSPS) is 12.4. The van der Waals surface area contributed by atoms with Crippen molar-refractivity contribution in [1.82, 2.24) is 4.68 Å². The maximum Gasteiger partial charge on any atom is 0.206 e. The fourth-order valence-electron chi connectivity index (χ4n) is 2.02. The van der Waals surface area contributed by atoms with E-state index >= 15 is 0 Å². The van der Waals surface area contributed by atoms with Gasteiger partial charge in [0, 0.05) is 27.4 Å². The first-order valence-electron chi connectivity index (χ1n) is 6.93. The van der Waals surface area contributed by atoms with Crippen molar-refractivity contribution < 1.29 is 0 Å². The predicted molar refractivity (Wildman–Crippen MR) is 101 cm³/mol. The summed E-state index contributed by atoms with van der Waals surface area (Å²) in [5, 5.41) is 9.83. The van der Waals surface area contributed by atoms with Crippen molar-refractivity contribution in [3.05, 3.63) is 60.8 Å². The van der Waals surface area contributed by atoms with Gasteiger partial charge < -0.3 is 0 Å². The summed E-state index contributed by atoms with van der Waals surface area (Å²) in [6.45, 7) is 2.70. The average molecular weight is 382 g/mol. The first kappa shape index (κ1) is 16.5. The monoisotopic (exact) mass is 381 g/mol. The van der Waals surface area contributed by atoms with E-state index in [0.717, 1.165) is 20.9 Å². The van der Waals surface area contributed by atoms with E-state index in [1.54, 1.807) is 28.7 Å². The van der Waals surface area contributed by atoms with Crippen LogP contribution in [0, 0.1) is 0 Å². The minimum Gasteiger partial charge on any atom is -0.258 e. The van der Waals surface area contributed by atoms with Crippen molar-refractivity contribution >= 4 is 52.1 Å². The van der Waals surface area contributed by atoms with E-state index in [4.69, 9.17) is 23.2 Å². The van der Waals surface area contributed by atoms with Crippen LogP contribution in [0.1, 0.15) is 11.8 Å². The quantitative estimate of drug-likeness (QED) is 0.542. The average Bonchev–Trinajstić information content (AvgIpc) is 3.16. The smallest absolute Gasteiger partial charge is 0.206 e. The fourth-order valence-corrected chi connectivity index (χ4v) is 3.99. The third kappa shape index (κ3) is 3.75. The summed E-state index contributed by atoms with van der Waals surface area (Å²) in [6.07, 6.45) is 1.83. The third-order valence-corrected chi connectivity index (χ3v) is 5.24. The highest BCUT2D eigenvalue weighted by molar-refractivity contribution is 7.11. The van der Waals surface area contributed by atoms with E-state index in [0.29, 0.717) is 16.6 Å². The molecule has 0 radical (unpaired) electrons. The van der Waals surface area contributed by atoms with Gasteiger partial charge in [-0.1, -0.05) is 29.3 Å². The molecular weight excluding hydrogens is 369 g/mol. The first-order valence-corrected chi connectivity index (χ1v) is 9.45. The van der Waals surface area contributed by atoms with Crippen molar-refractivity contribution in [2.45, 2.75) is 6.92 Å². The van der Waals surface area contributed by atoms with Gasteiger partial charge in [0.15, 0.2) is 0 Å². The number of thiophene rings is 1. The molecule has 2 aromatic heterocycles. The van der Waals surface area contributed by atoms with Crippen LogP contribution in [0.3, 0.4) is 0 Å². The number of aromatic nitrogens is 1. The maximum atomic E-state index is 6.35. The van der Waals surface area contributed by atoms with Gasteiger partial charge in [0.1, 0.15) is 0 Å². The lowest BCUT2D eigenvalue weighted by atomic mass is 10.2. The molecule has 0 aliphatic heterocycles. The van der Waals surface area contributed by atoms with E-state index in [9.17, 15) is 0 Å². The number of thiazole rings is 1. The van der Waals surface area contributed by atoms with Gasteiger partial charge in [0.05, 0.1) is 16.9 Å². The summed E-state index contributed by atoms with van der Waals surface area (Å²) in [4.78, 5) is 6.42. The van der Waals surface area contributed by atoms with E-state index in [-0.39, 0.29) is 0 Å². The molecule has 0 N–H and O–H groups in total. The molecule has 0 saturated heterocycles. The molecule has 0 atom stereocenters. The SMILES string of the molecule is CCN=c1scc(-c2ccc(Cl)cc2Cl)n1N=Cc1cccs1. The fraction of sp³-hybridized carbons (Fsp3) is 0.125. The van der Waals surface area contributed by atoms with Gasteiger partial charge in [-0.3, -0.25) is 4.99 Å². The van der Waals surface area contributed by atoms with Crippen LogP contribution >= 0.6 is 45.9 Å². The van der Waals surface area contributed by atoms with Crippen LogP contribution in [-0.2, 0) is 0 Å². The molecule has 0 bridgehead atoms. The van der Waals surface area contributed by atoms with Gasteiger partial charge >= 0.3 is 0 Å². The van der Waals surface area contributed by atoms with Crippen LogP contribution in [0.4, 0.5) is 0 Å². The molecular formula is C16H13Cl2N3S2. The Bertz CT molecular complexity index is 892. The van der Waals surface area contributed by atoms with Crippen molar-refractivity contribution in [2.24, 2.45) is 10.1 Å². The van der Waals surface area contributed by atoms with Crippen LogP contribution in [0.5, 0.6) is 0 Å². The zero-order valence-corrected chi connectivity index (χ0v) is 15.4. The van der Waals surface area contributed by atoms with E-state index in [2.05, 4.69) is 10.1 Å². The van der Waals surface area contributed by atoms with Gasteiger partial charge in [-0.2, -0.15) is 5.10 Å². The topological polar surface area (TPSA) is 29.6 Å². The van der Waals surface area contributed by atoms with Crippen molar-refractivity contribution in [1.29, 1.82) is 0 Å². The van der Waals surface area contributed by atoms with E-state index in [1.165, 1.54) is 0 Å².